The number of nitrogens with one attached hydrogen (secondary N) is 2. The van der Waals surface area contributed by atoms with Gasteiger partial charge in [0.05, 0.1) is 13.2 Å². The van der Waals surface area contributed by atoms with Crippen LogP contribution >= 0.6 is 24.0 Å². The first-order chi connectivity index (χ1) is 13.2. The standard InChI is InChI=1S/C21H33N5O.HI/c1-3-22-21(25-18-10-15(2)26(13-18)19-6-7-19)24-12-17-8-9-23-20(11-17)27-14-16-4-5-16;/h8-9,11,15-16,18-19H,3-7,10,12-14H2,1-2H3,(H2,22,24,25);1H. The summed E-state index contributed by atoms with van der Waals surface area (Å²) >= 11 is 0. The first kappa shape index (κ1) is 21.6. The van der Waals surface area contributed by atoms with E-state index >= 15 is 0 Å². The van der Waals surface area contributed by atoms with Crippen molar-refractivity contribution in [1.29, 1.82) is 0 Å². The van der Waals surface area contributed by atoms with Gasteiger partial charge in [0.2, 0.25) is 5.88 Å². The second-order valence-electron chi connectivity index (χ2n) is 8.31. The summed E-state index contributed by atoms with van der Waals surface area (Å²) in [4.78, 5) is 11.8. The van der Waals surface area contributed by atoms with Crippen LogP contribution in [0.3, 0.4) is 0 Å². The Bertz CT molecular complexity index is 662. The Kier molecular flexibility index (Phi) is 7.79. The van der Waals surface area contributed by atoms with Gasteiger partial charge in [0.15, 0.2) is 5.96 Å². The smallest absolute Gasteiger partial charge is 0.213 e. The van der Waals surface area contributed by atoms with Crippen LogP contribution in [0.2, 0.25) is 0 Å². The molecule has 2 N–H and O–H groups in total. The minimum absolute atomic E-state index is 0. The summed E-state index contributed by atoms with van der Waals surface area (Å²) in [5, 5.41) is 7.03. The van der Waals surface area contributed by atoms with E-state index in [4.69, 9.17) is 9.73 Å². The number of guanidine groups is 1. The summed E-state index contributed by atoms with van der Waals surface area (Å²) in [7, 11) is 0. The lowest BCUT2D eigenvalue weighted by Gasteiger charge is -2.20. The molecular formula is C21H34IN5O. The zero-order valence-corrected chi connectivity index (χ0v) is 19.4. The Balaban J connectivity index is 0.00000225. The summed E-state index contributed by atoms with van der Waals surface area (Å²) in [5.74, 6) is 2.36. The summed E-state index contributed by atoms with van der Waals surface area (Å²) in [6.45, 7) is 7.89. The van der Waals surface area contributed by atoms with E-state index in [-0.39, 0.29) is 24.0 Å². The number of halogens is 1. The predicted molar refractivity (Wildman–Crippen MR) is 123 cm³/mol. The van der Waals surface area contributed by atoms with E-state index in [0.717, 1.165) is 49.1 Å². The first-order valence-corrected chi connectivity index (χ1v) is 10.6. The molecule has 1 aromatic heterocycles. The number of hydrogen-bond donors (Lipinski definition) is 2. The van der Waals surface area contributed by atoms with Crippen molar-refractivity contribution in [3.63, 3.8) is 0 Å². The highest BCUT2D eigenvalue weighted by Crippen LogP contribution is 2.33. The number of pyridine rings is 1. The highest BCUT2D eigenvalue weighted by atomic mass is 127. The lowest BCUT2D eigenvalue weighted by molar-refractivity contribution is 0.256. The Morgan fingerprint density at radius 1 is 1.32 bits per heavy atom. The van der Waals surface area contributed by atoms with Crippen LogP contribution in [-0.2, 0) is 6.54 Å². The molecule has 0 aromatic carbocycles. The Hall–Kier alpha value is -1.09. The van der Waals surface area contributed by atoms with Crippen LogP contribution in [-0.4, -0.2) is 53.7 Å². The third-order valence-corrected chi connectivity index (χ3v) is 5.71. The van der Waals surface area contributed by atoms with Crippen molar-refractivity contribution in [3.8, 4) is 5.88 Å². The van der Waals surface area contributed by atoms with Crippen LogP contribution in [0, 0.1) is 5.92 Å². The van der Waals surface area contributed by atoms with Crippen molar-refractivity contribution >= 4 is 29.9 Å². The maximum atomic E-state index is 5.79. The van der Waals surface area contributed by atoms with Crippen LogP contribution in [0.15, 0.2) is 23.3 Å². The van der Waals surface area contributed by atoms with E-state index in [1.807, 2.05) is 18.3 Å². The van der Waals surface area contributed by atoms with Gasteiger partial charge in [0.1, 0.15) is 0 Å². The van der Waals surface area contributed by atoms with E-state index in [1.54, 1.807) is 0 Å². The molecule has 4 rings (SSSR count). The van der Waals surface area contributed by atoms with Crippen molar-refractivity contribution in [2.45, 2.75) is 70.6 Å². The van der Waals surface area contributed by atoms with E-state index in [1.165, 1.54) is 32.1 Å². The predicted octanol–water partition coefficient (Wildman–Crippen LogP) is 3.17. The first-order valence-electron chi connectivity index (χ1n) is 10.6. The van der Waals surface area contributed by atoms with Crippen molar-refractivity contribution in [2.24, 2.45) is 10.9 Å². The topological polar surface area (TPSA) is 61.8 Å². The van der Waals surface area contributed by atoms with Crippen LogP contribution in [0.1, 0.15) is 51.5 Å². The minimum Gasteiger partial charge on any atom is -0.477 e. The molecule has 2 aliphatic carbocycles. The van der Waals surface area contributed by atoms with Crippen LogP contribution in [0.5, 0.6) is 5.88 Å². The fourth-order valence-electron chi connectivity index (χ4n) is 3.88. The molecule has 7 heteroatoms. The van der Waals surface area contributed by atoms with Crippen LogP contribution in [0.4, 0.5) is 0 Å². The molecule has 1 saturated heterocycles. The molecule has 2 heterocycles. The molecule has 1 aromatic rings. The molecule has 1 aliphatic heterocycles. The fraction of sp³-hybridized carbons (Fsp3) is 0.714. The number of likely N-dealkylation sites (tertiary alicyclic amines) is 1. The molecule has 3 fully saturated rings. The summed E-state index contributed by atoms with van der Waals surface area (Å²) in [6, 6.07) is 6.01. The molecule has 2 unspecified atom stereocenters. The highest BCUT2D eigenvalue weighted by molar-refractivity contribution is 14.0. The van der Waals surface area contributed by atoms with E-state index in [9.17, 15) is 0 Å². The maximum Gasteiger partial charge on any atom is 0.213 e. The quantitative estimate of drug-likeness (QED) is 0.327. The van der Waals surface area contributed by atoms with Gasteiger partial charge < -0.3 is 15.4 Å². The minimum atomic E-state index is 0. The van der Waals surface area contributed by atoms with Gasteiger partial charge in [0, 0.05) is 43.5 Å². The second-order valence-corrected chi connectivity index (χ2v) is 8.31. The number of aliphatic imine (C=N–C) groups is 1. The highest BCUT2D eigenvalue weighted by Gasteiger charge is 2.38. The van der Waals surface area contributed by atoms with Crippen molar-refractivity contribution < 1.29 is 4.74 Å². The molecule has 2 atom stereocenters. The monoisotopic (exact) mass is 499 g/mol. The number of ether oxygens (including phenoxy) is 1. The molecule has 0 spiro atoms. The van der Waals surface area contributed by atoms with Crippen molar-refractivity contribution in [2.75, 3.05) is 19.7 Å². The Morgan fingerprint density at radius 3 is 2.86 bits per heavy atom. The molecule has 6 nitrogen and oxygen atoms in total. The SMILES string of the molecule is CCNC(=NCc1ccnc(OCC2CC2)c1)NC1CC(C)N(C2CC2)C1.I. The van der Waals surface area contributed by atoms with E-state index in [2.05, 4.69) is 34.4 Å². The lowest BCUT2D eigenvalue weighted by Crippen LogP contribution is -2.44. The van der Waals surface area contributed by atoms with Gasteiger partial charge >= 0.3 is 0 Å². The van der Waals surface area contributed by atoms with E-state index < -0.39 is 0 Å². The molecule has 0 radical (unpaired) electrons. The van der Waals surface area contributed by atoms with Crippen molar-refractivity contribution in [3.05, 3.63) is 23.9 Å². The van der Waals surface area contributed by atoms with Crippen LogP contribution in [0.25, 0.3) is 0 Å². The van der Waals surface area contributed by atoms with Gasteiger partial charge in [-0.25, -0.2) is 9.98 Å². The molecule has 28 heavy (non-hydrogen) atoms. The van der Waals surface area contributed by atoms with Gasteiger partial charge in [-0.2, -0.15) is 0 Å². The third-order valence-electron chi connectivity index (χ3n) is 5.71. The Morgan fingerprint density at radius 2 is 2.14 bits per heavy atom. The number of hydrogen-bond acceptors (Lipinski definition) is 4. The molecule has 2 saturated carbocycles. The summed E-state index contributed by atoms with van der Waals surface area (Å²) < 4.78 is 5.79. The molecule has 0 amide bonds. The Labute approximate surface area is 185 Å². The van der Waals surface area contributed by atoms with Gasteiger partial charge in [-0.05, 0) is 63.5 Å². The second kappa shape index (κ2) is 10.1. The van der Waals surface area contributed by atoms with Gasteiger partial charge in [0.25, 0.3) is 0 Å². The lowest BCUT2D eigenvalue weighted by atomic mass is 10.2. The number of aromatic nitrogens is 1. The largest absolute Gasteiger partial charge is 0.477 e. The summed E-state index contributed by atoms with van der Waals surface area (Å²) in [5.41, 5.74) is 1.13. The fourth-order valence-corrected chi connectivity index (χ4v) is 3.88. The van der Waals surface area contributed by atoms with Gasteiger partial charge in [-0.3, -0.25) is 4.90 Å². The number of rotatable bonds is 8. The summed E-state index contributed by atoms with van der Waals surface area (Å²) in [6.07, 6.45) is 8.34. The zero-order chi connectivity index (χ0) is 18.6. The van der Waals surface area contributed by atoms with Crippen molar-refractivity contribution in [1.82, 2.24) is 20.5 Å². The van der Waals surface area contributed by atoms with Crippen LogP contribution < -0.4 is 15.4 Å². The van der Waals surface area contributed by atoms with E-state index in [0.29, 0.717) is 18.6 Å². The molecule has 156 valence electrons. The molecule has 0 bridgehead atoms. The number of nitrogens with zero attached hydrogens (tertiary/aromatic N) is 3. The third kappa shape index (κ3) is 6.20. The maximum absolute atomic E-state index is 5.79. The molecule has 3 aliphatic rings. The normalized spacial score (nSPS) is 25.3. The zero-order valence-electron chi connectivity index (χ0n) is 17.1. The van der Waals surface area contributed by atoms with Gasteiger partial charge in [-0.15, -0.1) is 24.0 Å². The van der Waals surface area contributed by atoms with Gasteiger partial charge in [-0.1, -0.05) is 0 Å². The average Bonchev–Trinajstić information content (AvgIpc) is 3.58. The average molecular weight is 499 g/mol. The molecular weight excluding hydrogens is 465 g/mol.